The maximum absolute atomic E-state index is 4.50. The molecule has 0 fully saturated rings. The first kappa shape index (κ1) is 14.8. The molecule has 0 aliphatic carbocycles. The van der Waals surface area contributed by atoms with Crippen LogP contribution < -0.4 is 5.32 Å². The number of hydrogen-bond donors (Lipinski definition) is 1. The number of nitrogens with one attached hydrogen (secondary N) is 1. The van der Waals surface area contributed by atoms with Gasteiger partial charge in [-0.15, -0.1) is 0 Å². The van der Waals surface area contributed by atoms with Crippen LogP contribution in [-0.4, -0.2) is 16.3 Å². The first-order valence-electron chi connectivity index (χ1n) is 7.33. The fourth-order valence-electron chi connectivity index (χ4n) is 2.73. The lowest BCUT2D eigenvalue weighted by Gasteiger charge is -2.12. The molecule has 0 aliphatic heterocycles. The quantitative estimate of drug-likeness (QED) is 0.901. The van der Waals surface area contributed by atoms with Gasteiger partial charge in [0.25, 0.3) is 0 Å². The monoisotopic (exact) mass is 271 g/mol. The predicted molar refractivity (Wildman–Crippen MR) is 84.1 cm³/mol. The van der Waals surface area contributed by atoms with Crippen LogP contribution in [0.4, 0.5) is 0 Å². The van der Waals surface area contributed by atoms with E-state index in [0.717, 1.165) is 13.1 Å². The largest absolute Gasteiger partial charge is 0.310 e. The molecular formula is C17H25N3. The third-order valence-electron chi connectivity index (χ3n) is 3.82. The molecule has 1 N–H and O–H groups in total. The van der Waals surface area contributed by atoms with Gasteiger partial charge in [-0.2, -0.15) is 5.10 Å². The standard InChI is InChI=1S/C17H25N3/c1-6-18-15(5)16-9-19-20(10-16)11-17-13(3)7-12(2)8-14(17)4/h7-10,15,18H,6,11H2,1-5H3. The van der Waals surface area contributed by atoms with Crippen LogP contribution in [0, 0.1) is 20.8 Å². The number of rotatable bonds is 5. The first-order chi connectivity index (χ1) is 9.51. The molecule has 0 amide bonds. The molecule has 1 aromatic heterocycles. The van der Waals surface area contributed by atoms with Gasteiger partial charge in [-0.1, -0.05) is 24.6 Å². The molecule has 0 bridgehead atoms. The number of aryl methyl sites for hydroxylation is 3. The molecule has 1 atom stereocenters. The van der Waals surface area contributed by atoms with E-state index in [9.17, 15) is 0 Å². The lowest BCUT2D eigenvalue weighted by atomic mass is 10.00. The number of benzene rings is 1. The van der Waals surface area contributed by atoms with Crippen LogP contribution in [0.15, 0.2) is 24.5 Å². The van der Waals surface area contributed by atoms with Crippen molar-refractivity contribution in [2.24, 2.45) is 0 Å². The Morgan fingerprint density at radius 1 is 1.20 bits per heavy atom. The molecule has 2 rings (SSSR count). The van der Waals surface area contributed by atoms with Crippen molar-refractivity contribution in [2.75, 3.05) is 6.54 Å². The van der Waals surface area contributed by atoms with E-state index in [1.165, 1.54) is 27.8 Å². The van der Waals surface area contributed by atoms with Crippen molar-refractivity contribution in [3.63, 3.8) is 0 Å². The Balaban J connectivity index is 2.19. The van der Waals surface area contributed by atoms with Gasteiger partial charge in [0.2, 0.25) is 0 Å². The van der Waals surface area contributed by atoms with Crippen LogP contribution in [0.25, 0.3) is 0 Å². The minimum Gasteiger partial charge on any atom is -0.310 e. The van der Waals surface area contributed by atoms with E-state index in [0.29, 0.717) is 6.04 Å². The highest BCUT2D eigenvalue weighted by Gasteiger charge is 2.09. The minimum absolute atomic E-state index is 0.356. The van der Waals surface area contributed by atoms with Crippen molar-refractivity contribution in [2.45, 2.75) is 47.2 Å². The third-order valence-corrected chi connectivity index (χ3v) is 3.82. The first-order valence-corrected chi connectivity index (χ1v) is 7.33. The summed E-state index contributed by atoms with van der Waals surface area (Å²) in [5, 5.41) is 7.91. The van der Waals surface area contributed by atoms with Gasteiger partial charge in [0.15, 0.2) is 0 Å². The van der Waals surface area contributed by atoms with E-state index in [-0.39, 0.29) is 0 Å². The zero-order valence-electron chi connectivity index (χ0n) is 13.2. The summed E-state index contributed by atoms with van der Waals surface area (Å²) in [5.74, 6) is 0. The SMILES string of the molecule is CCNC(C)c1cnn(Cc2c(C)cc(C)cc2C)c1. The Bertz CT molecular complexity index is 561. The predicted octanol–water partition coefficient (Wildman–Crippen LogP) is 3.53. The van der Waals surface area contributed by atoms with Crippen LogP contribution in [0.5, 0.6) is 0 Å². The van der Waals surface area contributed by atoms with Gasteiger partial charge in [0, 0.05) is 17.8 Å². The highest BCUT2D eigenvalue weighted by atomic mass is 15.3. The van der Waals surface area contributed by atoms with Crippen molar-refractivity contribution >= 4 is 0 Å². The average Bonchev–Trinajstić information content (AvgIpc) is 2.82. The second-order valence-corrected chi connectivity index (χ2v) is 5.63. The van der Waals surface area contributed by atoms with Crippen molar-refractivity contribution in [3.05, 3.63) is 52.3 Å². The minimum atomic E-state index is 0.356. The van der Waals surface area contributed by atoms with Gasteiger partial charge in [-0.25, -0.2) is 0 Å². The van der Waals surface area contributed by atoms with Gasteiger partial charge < -0.3 is 5.32 Å². The van der Waals surface area contributed by atoms with Gasteiger partial charge in [-0.3, -0.25) is 4.68 Å². The molecule has 1 heterocycles. The lowest BCUT2D eigenvalue weighted by molar-refractivity contribution is 0.596. The second kappa shape index (κ2) is 6.23. The van der Waals surface area contributed by atoms with Gasteiger partial charge in [0.1, 0.15) is 0 Å². The third kappa shape index (κ3) is 3.28. The van der Waals surface area contributed by atoms with Gasteiger partial charge >= 0.3 is 0 Å². The molecule has 3 nitrogen and oxygen atoms in total. The maximum Gasteiger partial charge on any atom is 0.0664 e. The molecule has 1 aromatic carbocycles. The molecule has 0 saturated carbocycles. The number of aromatic nitrogens is 2. The van der Waals surface area contributed by atoms with E-state index in [1.54, 1.807) is 0 Å². The summed E-state index contributed by atoms with van der Waals surface area (Å²) in [5.41, 5.74) is 6.64. The molecule has 20 heavy (non-hydrogen) atoms. The van der Waals surface area contributed by atoms with Crippen LogP contribution in [-0.2, 0) is 6.54 Å². The molecule has 0 saturated heterocycles. The van der Waals surface area contributed by atoms with Crippen LogP contribution in [0.2, 0.25) is 0 Å². The molecule has 0 radical (unpaired) electrons. The summed E-state index contributed by atoms with van der Waals surface area (Å²) in [6, 6.07) is 4.84. The number of nitrogens with zero attached hydrogens (tertiary/aromatic N) is 2. The Kier molecular flexibility index (Phi) is 4.61. The Labute approximate surface area is 122 Å². The Morgan fingerprint density at radius 3 is 2.45 bits per heavy atom. The molecule has 0 spiro atoms. The Hall–Kier alpha value is -1.61. The number of hydrogen-bond acceptors (Lipinski definition) is 2. The Morgan fingerprint density at radius 2 is 1.85 bits per heavy atom. The van der Waals surface area contributed by atoms with Gasteiger partial charge in [-0.05, 0) is 50.9 Å². The maximum atomic E-state index is 4.50. The topological polar surface area (TPSA) is 29.9 Å². The zero-order valence-corrected chi connectivity index (χ0v) is 13.2. The summed E-state index contributed by atoms with van der Waals surface area (Å²) in [7, 11) is 0. The van der Waals surface area contributed by atoms with Crippen LogP contribution in [0.1, 0.15) is 47.7 Å². The summed E-state index contributed by atoms with van der Waals surface area (Å²) in [6.45, 7) is 12.6. The summed E-state index contributed by atoms with van der Waals surface area (Å²) >= 11 is 0. The molecule has 2 aromatic rings. The van der Waals surface area contributed by atoms with Crippen LogP contribution >= 0.6 is 0 Å². The highest BCUT2D eigenvalue weighted by Crippen LogP contribution is 2.18. The van der Waals surface area contributed by atoms with E-state index in [4.69, 9.17) is 0 Å². The highest BCUT2D eigenvalue weighted by molar-refractivity contribution is 5.37. The fourth-order valence-corrected chi connectivity index (χ4v) is 2.73. The smallest absolute Gasteiger partial charge is 0.0664 e. The van der Waals surface area contributed by atoms with Crippen molar-refractivity contribution in [1.29, 1.82) is 0 Å². The zero-order chi connectivity index (χ0) is 14.7. The van der Waals surface area contributed by atoms with E-state index < -0.39 is 0 Å². The van der Waals surface area contributed by atoms with Crippen molar-refractivity contribution in [3.8, 4) is 0 Å². The van der Waals surface area contributed by atoms with Crippen molar-refractivity contribution < 1.29 is 0 Å². The molecular weight excluding hydrogens is 246 g/mol. The summed E-state index contributed by atoms with van der Waals surface area (Å²) in [4.78, 5) is 0. The molecule has 3 heteroatoms. The molecule has 1 unspecified atom stereocenters. The van der Waals surface area contributed by atoms with E-state index >= 15 is 0 Å². The normalized spacial score (nSPS) is 12.7. The van der Waals surface area contributed by atoms with Crippen molar-refractivity contribution in [1.82, 2.24) is 15.1 Å². The van der Waals surface area contributed by atoms with Crippen LogP contribution in [0.3, 0.4) is 0 Å². The average molecular weight is 271 g/mol. The fraction of sp³-hybridized carbons (Fsp3) is 0.471. The summed E-state index contributed by atoms with van der Waals surface area (Å²) < 4.78 is 2.04. The van der Waals surface area contributed by atoms with E-state index in [2.05, 4.69) is 63.4 Å². The second-order valence-electron chi connectivity index (χ2n) is 5.63. The van der Waals surface area contributed by atoms with E-state index in [1.807, 2.05) is 10.9 Å². The lowest BCUT2D eigenvalue weighted by Crippen LogP contribution is -2.17. The van der Waals surface area contributed by atoms with Gasteiger partial charge in [0.05, 0.1) is 12.7 Å². The molecule has 108 valence electrons. The summed E-state index contributed by atoms with van der Waals surface area (Å²) in [6.07, 6.45) is 4.11. The molecule has 0 aliphatic rings.